The van der Waals surface area contributed by atoms with Gasteiger partial charge < -0.3 is 39.5 Å². The van der Waals surface area contributed by atoms with Gasteiger partial charge in [-0.15, -0.1) is 0 Å². The molecule has 0 saturated carbocycles. The predicted molar refractivity (Wildman–Crippen MR) is 219 cm³/mol. The minimum atomic E-state index is -1.23. The molecule has 6 atom stereocenters. The highest BCUT2D eigenvalue weighted by molar-refractivity contribution is 5.95. The number of carbonyl (C=O) groups is 5. The number of benzene rings is 3. The zero-order chi connectivity index (χ0) is 43.3. The van der Waals surface area contributed by atoms with Crippen molar-refractivity contribution in [3.05, 3.63) is 89.5 Å². The van der Waals surface area contributed by atoms with E-state index in [1.54, 1.807) is 83.3 Å². The number of likely N-dealkylation sites (N-methyl/N-ethyl adjacent to an activating group) is 3. The minimum absolute atomic E-state index is 0.00475. The largest absolute Gasteiger partial charge is 0.508 e. The van der Waals surface area contributed by atoms with Crippen molar-refractivity contribution in [1.29, 1.82) is 0 Å². The summed E-state index contributed by atoms with van der Waals surface area (Å²) in [5, 5.41) is 22.6. The van der Waals surface area contributed by atoms with E-state index in [0.717, 1.165) is 5.56 Å². The van der Waals surface area contributed by atoms with Gasteiger partial charge in [-0.3, -0.25) is 24.1 Å². The first kappa shape index (κ1) is 46.8. The molecule has 3 aromatic rings. The smallest absolute Gasteiger partial charge is 0.328 e. The molecule has 0 aliphatic rings. The number of amides is 3. The third kappa shape index (κ3) is 12.7. The van der Waals surface area contributed by atoms with Crippen molar-refractivity contribution in [3.63, 3.8) is 0 Å². The Morgan fingerprint density at radius 1 is 0.638 bits per heavy atom. The highest BCUT2D eigenvalue weighted by Crippen LogP contribution is 2.22. The van der Waals surface area contributed by atoms with Crippen LogP contribution in [0.25, 0.3) is 0 Å². The highest BCUT2D eigenvalue weighted by Gasteiger charge is 2.40. The zero-order valence-electron chi connectivity index (χ0n) is 35.3. The minimum Gasteiger partial charge on any atom is -0.508 e. The van der Waals surface area contributed by atoms with Crippen molar-refractivity contribution < 1.29 is 48.4 Å². The molecule has 0 spiro atoms. The number of rotatable bonds is 20. The average molecular weight is 805 g/mol. The lowest BCUT2D eigenvalue weighted by Crippen LogP contribution is -2.59. The van der Waals surface area contributed by atoms with E-state index >= 15 is 0 Å². The van der Waals surface area contributed by atoms with E-state index in [0.29, 0.717) is 29.7 Å². The van der Waals surface area contributed by atoms with Gasteiger partial charge in [0.1, 0.15) is 41.4 Å². The number of phenolic OH excluding ortho intramolecular Hbond substituents is 2. The van der Waals surface area contributed by atoms with Gasteiger partial charge in [-0.05, 0) is 85.9 Å². The quantitative estimate of drug-likeness (QED) is 0.141. The summed E-state index contributed by atoms with van der Waals surface area (Å²) in [6, 6.07) is 15.6. The third-order valence-corrected chi connectivity index (χ3v) is 10.5. The van der Waals surface area contributed by atoms with Crippen molar-refractivity contribution in [2.45, 2.75) is 83.6 Å². The summed E-state index contributed by atoms with van der Waals surface area (Å²) < 4.78 is 16.3. The molecular formula is C44H60N4O10. The Balaban J connectivity index is 1.92. The molecule has 3 N–H and O–H groups in total. The SMILES string of the molecule is CC[C@@H](C)[C@@H](OC(=O)[C@@H](Cc1ccc(OC)cc1)N(C)C)C(=O)N[C@@H](C(=O)N(C)[C@@H](Cc1ccc(O)cc1)C(=O)N(C)[C@@H](Cc1ccc(O)cc1)C(=O)OC)C(C)C. The van der Waals surface area contributed by atoms with Crippen LogP contribution in [0.2, 0.25) is 0 Å². The summed E-state index contributed by atoms with van der Waals surface area (Å²) in [6.07, 6.45) is -0.341. The Labute approximate surface area is 342 Å². The first-order chi connectivity index (χ1) is 27.4. The maximum Gasteiger partial charge on any atom is 0.328 e. The molecule has 3 aromatic carbocycles. The number of ether oxygens (including phenoxy) is 3. The molecule has 0 aliphatic heterocycles. The fourth-order valence-electron chi connectivity index (χ4n) is 6.43. The van der Waals surface area contributed by atoms with Crippen LogP contribution in [0.5, 0.6) is 17.2 Å². The molecular weight excluding hydrogens is 745 g/mol. The van der Waals surface area contributed by atoms with E-state index in [9.17, 15) is 34.2 Å². The van der Waals surface area contributed by atoms with E-state index in [2.05, 4.69) is 5.32 Å². The fourth-order valence-corrected chi connectivity index (χ4v) is 6.43. The lowest BCUT2D eigenvalue weighted by Gasteiger charge is -2.36. The Morgan fingerprint density at radius 2 is 1.09 bits per heavy atom. The summed E-state index contributed by atoms with van der Waals surface area (Å²) in [7, 11) is 9.21. The van der Waals surface area contributed by atoms with Crippen LogP contribution in [0, 0.1) is 11.8 Å². The Bertz CT molecular complexity index is 1820. The first-order valence-corrected chi connectivity index (χ1v) is 19.4. The summed E-state index contributed by atoms with van der Waals surface area (Å²) >= 11 is 0. The van der Waals surface area contributed by atoms with Crippen LogP contribution in [0.15, 0.2) is 72.8 Å². The third-order valence-electron chi connectivity index (χ3n) is 10.5. The highest BCUT2D eigenvalue weighted by atomic mass is 16.6. The van der Waals surface area contributed by atoms with Crippen molar-refractivity contribution in [3.8, 4) is 17.2 Å². The van der Waals surface area contributed by atoms with Gasteiger partial charge in [-0.25, -0.2) is 4.79 Å². The van der Waals surface area contributed by atoms with Gasteiger partial charge in [0, 0.05) is 32.9 Å². The first-order valence-electron chi connectivity index (χ1n) is 19.4. The van der Waals surface area contributed by atoms with Gasteiger partial charge >= 0.3 is 11.9 Å². The molecule has 0 aliphatic carbocycles. The van der Waals surface area contributed by atoms with E-state index in [-0.39, 0.29) is 24.3 Å². The molecule has 0 bridgehead atoms. The summed E-state index contributed by atoms with van der Waals surface area (Å²) in [6.45, 7) is 7.18. The van der Waals surface area contributed by atoms with Gasteiger partial charge in [0.25, 0.3) is 5.91 Å². The second-order valence-corrected chi connectivity index (χ2v) is 15.2. The summed E-state index contributed by atoms with van der Waals surface area (Å²) in [5.74, 6) is -3.22. The molecule has 58 heavy (non-hydrogen) atoms. The maximum atomic E-state index is 14.5. The van der Waals surface area contributed by atoms with E-state index in [1.807, 2.05) is 19.1 Å². The van der Waals surface area contributed by atoms with Crippen molar-refractivity contribution >= 4 is 29.7 Å². The molecule has 3 amide bonds. The molecule has 14 nitrogen and oxygen atoms in total. The summed E-state index contributed by atoms with van der Waals surface area (Å²) in [4.78, 5) is 74.2. The van der Waals surface area contributed by atoms with E-state index in [1.165, 1.54) is 55.3 Å². The van der Waals surface area contributed by atoms with Gasteiger partial charge in [0.15, 0.2) is 6.10 Å². The average Bonchev–Trinajstić information content (AvgIpc) is 3.21. The van der Waals surface area contributed by atoms with Gasteiger partial charge in [-0.2, -0.15) is 0 Å². The normalized spacial score (nSPS) is 14.3. The number of aromatic hydroxyl groups is 2. The maximum absolute atomic E-state index is 14.5. The van der Waals surface area contributed by atoms with E-state index < -0.39 is 71.8 Å². The number of nitrogens with zero attached hydrogens (tertiary/aromatic N) is 3. The number of nitrogens with one attached hydrogen (secondary N) is 1. The van der Waals surface area contributed by atoms with Crippen molar-refractivity contribution in [2.75, 3.05) is 42.4 Å². The monoisotopic (exact) mass is 804 g/mol. The number of carbonyl (C=O) groups excluding carboxylic acids is 5. The van der Waals surface area contributed by atoms with Crippen LogP contribution in [0.3, 0.4) is 0 Å². The van der Waals surface area contributed by atoms with Crippen LogP contribution in [-0.2, 0) is 52.7 Å². The van der Waals surface area contributed by atoms with Crippen LogP contribution >= 0.6 is 0 Å². The molecule has 0 aromatic heterocycles. The standard InChI is InChI=1S/C44H60N4O10/c1-11-28(4)39(58-44(55)36(46(5)6)25-31-16-22-34(56-9)23-17-31)40(51)45-38(27(2)3)42(53)47(7)35(24-29-12-18-32(49)19-13-29)41(52)48(8)37(43(54)57-10)26-30-14-20-33(50)21-15-30/h12-23,27-28,35-39,49-50H,11,24-26H2,1-10H3,(H,45,51)/t28-,35+,36-,37+,38-,39-/m1/s1. The lowest BCUT2D eigenvalue weighted by atomic mass is 9.96. The molecule has 316 valence electrons. The molecule has 0 saturated heterocycles. The Morgan fingerprint density at radius 3 is 1.52 bits per heavy atom. The number of phenols is 2. The van der Waals surface area contributed by atoms with E-state index in [4.69, 9.17) is 14.2 Å². The molecule has 14 heteroatoms. The number of esters is 2. The van der Waals surface area contributed by atoms with Crippen LogP contribution in [0.1, 0.15) is 50.8 Å². The van der Waals surface area contributed by atoms with Crippen LogP contribution in [-0.4, -0.2) is 127 Å². The van der Waals surface area contributed by atoms with Crippen molar-refractivity contribution in [2.24, 2.45) is 11.8 Å². The lowest BCUT2D eigenvalue weighted by molar-refractivity contribution is -0.164. The second-order valence-electron chi connectivity index (χ2n) is 15.2. The topological polar surface area (TPSA) is 175 Å². The predicted octanol–water partition coefficient (Wildman–Crippen LogP) is 3.99. The number of hydrogen-bond acceptors (Lipinski definition) is 11. The van der Waals surface area contributed by atoms with Crippen LogP contribution in [0.4, 0.5) is 0 Å². The second kappa shape index (κ2) is 21.8. The zero-order valence-corrected chi connectivity index (χ0v) is 35.3. The molecule has 3 rings (SSSR count). The number of methoxy groups -OCH3 is 2. The molecule has 0 heterocycles. The van der Waals surface area contributed by atoms with Crippen molar-refractivity contribution in [1.82, 2.24) is 20.0 Å². The Hall–Kier alpha value is -5.63. The van der Waals surface area contributed by atoms with Gasteiger partial charge in [0.05, 0.1) is 14.2 Å². The van der Waals surface area contributed by atoms with Gasteiger partial charge in [0.2, 0.25) is 11.8 Å². The number of hydrogen-bond donors (Lipinski definition) is 3. The van der Waals surface area contributed by atoms with Crippen LogP contribution < -0.4 is 10.1 Å². The molecule has 0 fully saturated rings. The molecule has 0 radical (unpaired) electrons. The fraction of sp³-hybridized carbons (Fsp3) is 0.477. The van der Waals surface area contributed by atoms with Gasteiger partial charge in [-0.1, -0.05) is 64.1 Å². The Kier molecular flexibility index (Phi) is 17.5. The molecule has 0 unspecified atom stereocenters. The summed E-state index contributed by atoms with van der Waals surface area (Å²) in [5.41, 5.74) is 2.15.